The Kier molecular flexibility index (Phi) is 5.84. The highest BCUT2D eigenvalue weighted by Gasteiger charge is 2.72. The number of rotatable bonds is 4. The molecule has 0 atom stereocenters. The Morgan fingerprint density at radius 3 is 1.21 bits per heavy atom. The molecule has 0 unspecified atom stereocenters. The van der Waals surface area contributed by atoms with Crippen LogP contribution in [-0.4, -0.2) is 22.8 Å². The molecule has 4 N–H and O–H groups in total. The average molecular weight is 459 g/mol. The number of hydrogen-bond acceptors (Lipinski definition) is 4. The summed E-state index contributed by atoms with van der Waals surface area (Å²) in [7, 11) is 0. The van der Waals surface area contributed by atoms with Crippen LogP contribution in [0.5, 0.6) is 0 Å². The number of nitrogens with two attached hydrogens (primary N) is 2. The fourth-order valence-corrected chi connectivity index (χ4v) is 3.28. The molecule has 2 aromatic rings. The monoisotopic (exact) mass is 458 g/mol. The highest BCUT2D eigenvalue weighted by molar-refractivity contribution is 6.68. The lowest BCUT2D eigenvalue weighted by molar-refractivity contribution is -0.288. The Hall–Kier alpha value is -2.46. The van der Waals surface area contributed by atoms with Crippen LogP contribution in [0.2, 0.25) is 0 Å². The summed E-state index contributed by atoms with van der Waals surface area (Å²) in [6, 6.07) is 2.95. The quantitative estimate of drug-likeness (QED) is 0.382. The van der Waals surface area contributed by atoms with E-state index in [4.69, 9.17) is 34.7 Å². The summed E-state index contributed by atoms with van der Waals surface area (Å²) in [5.41, 5.74) is 1.42. The van der Waals surface area contributed by atoms with Gasteiger partial charge in [-0.2, -0.15) is 26.3 Å². The van der Waals surface area contributed by atoms with Gasteiger partial charge in [-0.3, -0.25) is 9.59 Å². The third kappa shape index (κ3) is 3.74. The van der Waals surface area contributed by atoms with E-state index in [0.29, 0.717) is 36.4 Å². The minimum Gasteiger partial charge on any atom is -0.398 e. The molecule has 12 heteroatoms. The topological polar surface area (TPSA) is 86.2 Å². The fraction of sp³-hybridized carbons (Fsp3) is 0.176. The molecule has 0 heterocycles. The van der Waals surface area contributed by atoms with Crippen molar-refractivity contribution in [2.24, 2.45) is 0 Å². The summed E-state index contributed by atoms with van der Waals surface area (Å²) in [5.74, 6) is 0. The summed E-state index contributed by atoms with van der Waals surface area (Å²) in [6.07, 6.45) is -11.8. The third-order valence-corrected chi connectivity index (χ3v) is 4.65. The second kappa shape index (κ2) is 7.42. The molecule has 156 valence electrons. The first-order chi connectivity index (χ1) is 13.1. The molecule has 2 rings (SSSR count). The normalized spacial score (nSPS) is 12.7. The summed E-state index contributed by atoms with van der Waals surface area (Å²) >= 11 is 10.4. The molecule has 29 heavy (non-hydrogen) atoms. The van der Waals surface area contributed by atoms with Gasteiger partial charge in [0.2, 0.25) is 5.41 Å². The number of nitrogen functional groups attached to an aromatic ring is 2. The Morgan fingerprint density at radius 2 is 1.00 bits per heavy atom. The van der Waals surface area contributed by atoms with Crippen molar-refractivity contribution in [3.05, 3.63) is 58.7 Å². The molecular weight excluding hydrogens is 449 g/mol. The summed E-state index contributed by atoms with van der Waals surface area (Å²) in [4.78, 5) is 22.4. The molecule has 0 saturated heterocycles. The molecule has 0 aliphatic rings. The maximum Gasteiger partial charge on any atom is 0.411 e. The van der Waals surface area contributed by atoms with Gasteiger partial charge < -0.3 is 11.5 Å². The first kappa shape index (κ1) is 22.8. The number of halogens is 8. The van der Waals surface area contributed by atoms with Crippen LogP contribution >= 0.6 is 23.2 Å². The highest BCUT2D eigenvalue weighted by atomic mass is 35.5. The van der Waals surface area contributed by atoms with Crippen LogP contribution in [0.15, 0.2) is 36.4 Å². The van der Waals surface area contributed by atoms with Gasteiger partial charge in [0.25, 0.3) is 10.5 Å². The van der Waals surface area contributed by atoms with Crippen molar-refractivity contribution in [3.8, 4) is 0 Å². The van der Waals surface area contributed by atoms with E-state index in [1.165, 1.54) is 0 Å². The molecule has 0 aliphatic heterocycles. The molecule has 0 radical (unpaired) electrons. The number of anilines is 2. The molecule has 4 nitrogen and oxygen atoms in total. The van der Waals surface area contributed by atoms with Gasteiger partial charge in [0.05, 0.1) is 11.1 Å². The number of hydrogen-bond donors (Lipinski definition) is 2. The van der Waals surface area contributed by atoms with Crippen molar-refractivity contribution in [2.75, 3.05) is 11.5 Å². The van der Waals surface area contributed by atoms with E-state index in [9.17, 15) is 35.9 Å². The first-order valence-corrected chi connectivity index (χ1v) is 8.23. The molecule has 0 amide bonds. The van der Waals surface area contributed by atoms with Crippen molar-refractivity contribution in [3.63, 3.8) is 0 Å². The van der Waals surface area contributed by atoms with Crippen molar-refractivity contribution < 1.29 is 35.9 Å². The zero-order chi connectivity index (χ0) is 22.4. The van der Waals surface area contributed by atoms with Crippen LogP contribution in [0.1, 0.15) is 31.8 Å². The van der Waals surface area contributed by atoms with Crippen LogP contribution in [0, 0.1) is 0 Å². The van der Waals surface area contributed by atoms with E-state index in [-0.39, 0.29) is 0 Å². The fourth-order valence-electron chi connectivity index (χ4n) is 2.93. The lowest BCUT2D eigenvalue weighted by Crippen LogP contribution is -2.54. The van der Waals surface area contributed by atoms with Crippen LogP contribution in [-0.2, 0) is 5.41 Å². The smallest absolute Gasteiger partial charge is 0.398 e. The summed E-state index contributed by atoms with van der Waals surface area (Å²) in [5, 5.41) is -2.32. The van der Waals surface area contributed by atoms with Crippen molar-refractivity contribution in [1.82, 2.24) is 0 Å². The van der Waals surface area contributed by atoms with Gasteiger partial charge in [-0.15, -0.1) is 0 Å². The number of carbonyl (C=O) groups excluding carboxylic acids is 2. The predicted octanol–water partition coefficient (Wildman–Crippen LogP) is 5.02. The SMILES string of the molecule is Nc1cc(C(c2ccc(C(=O)Cl)c(N)c2)(C(F)(F)F)C(F)(F)F)ccc1C(=O)Cl. The van der Waals surface area contributed by atoms with E-state index in [1.54, 1.807) is 0 Å². The molecule has 0 bridgehead atoms. The van der Waals surface area contributed by atoms with Crippen LogP contribution in [0.3, 0.4) is 0 Å². The lowest BCUT2D eigenvalue weighted by atomic mass is 9.72. The van der Waals surface area contributed by atoms with E-state index < -0.39 is 61.9 Å². The summed E-state index contributed by atoms with van der Waals surface area (Å²) in [6.45, 7) is 0. The van der Waals surface area contributed by atoms with Crippen molar-refractivity contribution in [2.45, 2.75) is 17.8 Å². The van der Waals surface area contributed by atoms with Crippen LogP contribution in [0.25, 0.3) is 0 Å². The Labute approximate surface area is 169 Å². The Bertz CT molecular complexity index is 909. The minimum absolute atomic E-state index is 0.368. The van der Waals surface area contributed by atoms with Crippen LogP contribution < -0.4 is 11.5 Å². The highest BCUT2D eigenvalue weighted by Crippen LogP contribution is 2.56. The molecule has 0 fully saturated rings. The van der Waals surface area contributed by atoms with Crippen molar-refractivity contribution in [1.29, 1.82) is 0 Å². The standard InChI is InChI=1S/C17H10Cl2F6N2O2/c18-13(28)9-3-1-7(5-11(9)26)15(16(20,21)22,17(23,24)25)8-2-4-10(14(19)29)12(27)6-8/h1-6H,26-27H2. The number of alkyl halides is 6. The average Bonchev–Trinajstić information content (AvgIpc) is 2.52. The number of benzene rings is 2. The molecule has 2 aromatic carbocycles. The first-order valence-electron chi connectivity index (χ1n) is 7.47. The lowest BCUT2D eigenvalue weighted by Gasteiger charge is -2.38. The van der Waals surface area contributed by atoms with Gasteiger partial charge in [-0.1, -0.05) is 12.1 Å². The van der Waals surface area contributed by atoms with Gasteiger partial charge in [0.15, 0.2) is 0 Å². The van der Waals surface area contributed by atoms with E-state index in [1.807, 2.05) is 0 Å². The van der Waals surface area contributed by atoms with Gasteiger partial charge in [-0.25, -0.2) is 0 Å². The minimum atomic E-state index is -5.91. The predicted molar refractivity (Wildman–Crippen MR) is 95.0 cm³/mol. The van der Waals surface area contributed by atoms with E-state index in [0.717, 1.165) is 0 Å². The van der Waals surface area contributed by atoms with Gasteiger partial charge in [-0.05, 0) is 58.6 Å². The zero-order valence-corrected chi connectivity index (χ0v) is 15.5. The van der Waals surface area contributed by atoms with Crippen molar-refractivity contribution >= 4 is 45.1 Å². The van der Waals surface area contributed by atoms with Gasteiger partial charge in [0.1, 0.15) is 0 Å². The zero-order valence-electron chi connectivity index (χ0n) is 14.0. The molecule has 0 aromatic heterocycles. The van der Waals surface area contributed by atoms with Gasteiger partial charge in [0, 0.05) is 11.4 Å². The number of carbonyl (C=O) groups is 2. The second-order valence-corrected chi connectivity index (χ2v) is 6.58. The van der Waals surface area contributed by atoms with Gasteiger partial charge >= 0.3 is 12.4 Å². The summed E-state index contributed by atoms with van der Waals surface area (Å²) < 4.78 is 84.2. The molecule has 0 saturated carbocycles. The Morgan fingerprint density at radius 1 is 0.690 bits per heavy atom. The molecule has 0 aliphatic carbocycles. The maximum absolute atomic E-state index is 14.0. The van der Waals surface area contributed by atoms with Crippen LogP contribution in [0.4, 0.5) is 37.7 Å². The Balaban J connectivity index is 2.95. The van der Waals surface area contributed by atoms with E-state index in [2.05, 4.69) is 0 Å². The maximum atomic E-state index is 14.0. The largest absolute Gasteiger partial charge is 0.411 e. The van der Waals surface area contributed by atoms with E-state index >= 15 is 0 Å². The second-order valence-electron chi connectivity index (χ2n) is 5.90. The third-order valence-electron chi connectivity index (χ3n) is 4.24. The molecular formula is C17H10Cl2F6N2O2. The molecule has 0 spiro atoms.